The van der Waals surface area contributed by atoms with Gasteiger partial charge >= 0.3 is 0 Å². The van der Waals surface area contributed by atoms with Gasteiger partial charge in [0, 0.05) is 11.3 Å². The number of carbonyl (C=O) groups excluding carboxylic acids is 1. The Labute approximate surface area is 157 Å². The van der Waals surface area contributed by atoms with Gasteiger partial charge in [-0.1, -0.05) is 35.4 Å². The number of anilines is 1. The number of hydrogen-bond acceptors (Lipinski definition) is 3. The van der Waals surface area contributed by atoms with Gasteiger partial charge in [0.1, 0.15) is 11.0 Å². The average molecular weight is 356 g/mol. The molecule has 134 valence electrons. The average Bonchev–Trinajstić information content (AvgIpc) is 3.05. The molecular weight excluding hydrogens is 336 g/mol. The molecule has 1 heterocycles. The molecule has 1 N–H and O–H groups in total. The Bertz CT molecular complexity index is 1140. The Kier molecular flexibility index (Phi) is 4.20. The van der Waals surface area contributed by atoms with Gasteiger partial charge in [0.15, 0.2) is 0 Å². The standard InChI is InChI=1S/C22H20N4O/c1-14-7-9-18(10-8-14)26-24-20-12-16(3)19(13-21(20)25-26)23-22(27)17-6-4-5-15(2)11-17/h4-13H,1-3H3,(H,23,27). The number of hydrogen-bond donors (Lipinski definition) is 1. The zero-order valence-corrected chi connectivity index (χ0v) is 15.5. The second kappa shape index (κ2) is 6.68. The molecule has 0 atom stereocenters. The molecular formula is C22H20N4O. The normalized spacial score (nSPS) is 10.9. The summed E-state index contributed by atoms with van der Waals surface area (Å²) in [6.07, 6.45) is 0. The Hall–Kier alpha value is -3.47. The Morgan fingerprint density at radius 1 is 0.852 bits per heavy atom. The van der Waals surface area contributed by atoms with E-state index in [1.165, 1.54) is 5.56 Å². The molecule has 0 radical (unpaired) electrons. The highest BCUT2D eigenvalue weighted by molar-refractivity contribution is 6.05. The number of fused-ring (bicyclic) bond motifs is 1. The van der Waals surface area contributed by atoms with Crippen molar-refractivity contribution in [3.8, 4) is 5.69 Å². The van der Waals surface area contributed by atoms with Crippen LogP contribution in [0.2, 0.25) is 0 Å². The summed E-state index contributed by atoms with van der Waals surface area (Å²) in [5.41, 5.74) is 6.99. The van der Waals surface area contributed by atoms with Crippen LogP contribution in [-0.2, 0) is 0 Å². The van der Waals surface area contributed by atoms with Crippen molar-refractivity contribution < 1.29 is 4.79 Å². The number of rotatable bonds is 3. The lowest BCUT2D eigenvalue weighted by atomic mass is 10.1. The summed E-state index contributed by atoms with van der Waals surface area (Å²) >= 11 is 0. The smallest absolute Gasteiger partial charge is 0.255 e. The topological polar surface area (TPSA) is 59.8 Å². The largest absolute Gasteiger partial charge is 0.322 e. The van der Waals surface area contributed by atoms with Crippen molar-refractivity contribution in [1.29, 1.82) is 0 Å². The van der Waals surface area contributed by atoms with Crippen molar-refractivity contribution in [3.05, 3.63) is 82.9 Å². The molecule has 0 saturated heterocycles. The summed E-state index contributed by atoms with van der Waals surface area (Å²) in [5.74, 6) is -0.132. The Balaban J connectivity index is 1.67. The van der Waals surface area contributed by atoms with Gasteiger partial charge in [-0.3, -0.25) is 4.79 Å². The first-order valence-corrected chi connectivity index (χ1v) is 8.82. The molecule has 0 spiro atoms. The van der Waals surface area contributed by atoms with Crippen LogP contribution in [0, 0.1) is 20.8 Å². The monoisotopic (exact) mass is 356 g/mol. The molecule has 0 bridgehead atoms. The van der Waals surface area contributed by atoms with Gasteiger partial charge in [0.25, 0.3) is 5.91 Å². The molecule has 0 unspecified atom stereocenters. The molecule has 0 aliphatic heterocycles. The fraction of sp³-hybridized carbons (Fsp3) is 0.136. The minimum Gasteiger partial charge on any atom is -0.322 e. The molecule has 5 heteroatoms. The summed E-state index contributed by atoms with van der Waals surface area (Å²) in [4.78, 5) is 14.2. The fourth-order valence-corrected chi connectivity index (χ4v) is 2.98. The van der Waals surface area contributed by atoms with Crippen LogP contribution in [0.3, 0.4) is 0 Å². The van der Waals surface area contributed by atoms with Gasteiger partial charge in [-0.2, -0.15) is 4.80 Å². The number of nitrogens with one attached hydrogen (secondary N) is 1. The maximum Gasteiger partial charge on any atom is 0.255 e. The molecule has 27 heavy (non-hydrogen) atoms. The van der Waals surface area contributed by atoms with E-state index in [1.54, 1.807) is 4.80 Å². The lowest BCUT2D eigenvalue weighted by Crippen LogP contribution is -2.12. The summed E-state index contributed by atoms with van der Waals surface area (Å²) in [6.45, 7) is 5.97. The molecule has 3 aromatic carbocycles. The zero-order chi connectivity index (χ0) is 19.0. The molecule has 5 nitrogen and oxygen atoms in total. The van der Waals surface area contributed by atoms with Gasteiger partial charge in [-0.15, -0.1) is 10.2 Å². The third-order valence-electron chi connectivity index (χ3n) is 4.52. The number of benzene rings is 3. The van der Waals surface area contributed by atoms with Crippen LogP contribution < -0.4 is 5.32 Å². The lowest BCUT2D eigenvalue weighted by molar-refractivity contribution is 0.102. The van der Waals surface area contributed by atoms with Crippen molar-refractivity contribution in [1.82, 2.24) is 15.0 Å². The summed E-state index contributed by atoms with van der Waals surface area (Å²) < 4.78 is 0. The van der Waals surface area contributed by atoms with E-state index in [0.717, 1.165) is 33.5 Å². The van der Waals surface area contributed by atoms with E-state index >= 15 is 0 Å². The maximum absolute atomic E-state index is 12.6. The maximum atomic E-state index is 12.6. The van der Waals surface area contributed by atoms with Crippen molar-refractivity contribution in [2.75, 3.05) is 5.32 Å². The summed E-state index contributed by atoms with van der Waals surface area (Å²) in [7, 11) is 0. The number of nitrogens with zero attached hydrogens (tertiary/aromatic N) is 3. The van der Waals surface area contributed by atoms with Crippen LogP contribution in [-0.4, -0.2) is 20.9 Å². The molecule has 1 amide bonds. The second-order valence-electron chi connectivity index (χ2n) is 6.80. The number of amides is 1. The summed E-state index contributed by atoms with van der Waals surface area (Å²) in [5, 5.41) is 12.1. The van der Waals surface area contributed by atoms with Gasteiger partial charge in [-0.05, 0) is 62.7 Å². The molecule has 4 aromatic rings. The first-order valence-electron chi connectivity index (χ1n) is 8.82. The molecule has 4 rings (SSSR count). The van der Waals surface area contributed by atoms with Crippen LogP contribution in [0.1, 0.15) is 27.0 Å². The molecule has 0 aliphatic rings. The predicted octanol–water partition coefficient (Wildman–Crippen LogP) is 4.60. The van der Waals surface area contributed by atoms with Crippen LogP contribution >= 0.6 is 0 Å². The third kappa shape index (κ3) is 3.44. The second-order valence-corrected chi connectivity index (χ2v) is 6.80. The highest BCUT2D eigenvalue weighted by Crippen LogP contribution is 2.23. The van der Waals surface area contributed by atoms with Gasteiger partial charge in [-0.25, -0.2) is 0 Å². The molecule has 0 saturated carbocycles. The van der Waals surface area contributed by atoms with E-state index < -0.39 is 0 Å². The lowest BCUT2D eigenvalue weighted by Gasteiger charge is -2.08. The van der Waals surface area contributed by atoms with Crippen molar-refractivity contribution in [2.24, 2.45) is 0 Å². The van der Waals surface area contributed by atoms with Crippen LogP contribution in [0.5, 0.6) is 0 Å². The van der Waals surface area contributed by atoms with E-state index in [9.17, 15) is 4.79 Å². The Morgan fingerprint density at radius 3 is 2.26 bits per heavy atom. The molecule has 1 aromatic heterocycles. The number of aromatic nitrogens is 3. The van der Waals surface area contributed by atoms with Crippen LogP contribution in [0.25, 0.3) is 16.7 Å². The SMILES string of the molecule is Cc1ccc(-n2nc3cc(C)c(NC(=O)c4cccc(C)c4)cc3n2)cc1. The van der Waals surface area contributed by atoms with Crippen molar-refractivity contribution in [2.45, 2.75) is 20.8 Å². The van der Waals surface area contributed by atoms with Crippen molar-refractivity contribution in [3.63, 3.8) is 0 Å². The van der Waals surface area contributed by atoms with Crippen LogP contribution in [0.4, 0.5) is 5.69 Å². The molecule has 0 aliphatic carbocycles. The third-order valence-corrected chi connectivity index (χ3v) is 4.52. The zero-order valence-electron chi connectivity index (χ0n) is 15.5. The fourth-order valence-electron chi connectivity index (χ4n) is 2.98. The predicted molar refractivity (Wildman–Crippen MR) is 107 cm³/mol. The Morgan fingerprint density at radius 2 is 1.56 bits per heavy atom. The summed E-state index contributed by atoms with van der Waals surface area (Å²) in [6, 6.07) is 19.4. The number of aryl methyl sites for hydroxylation is 3. The van der Waals surface area contributed by atoms with E-state index in [4.69, 9.17) is 0 Å². The quantitative estimate of drug-likeness (QED) is 0.584. The van der Waals surface area contributed by atoms with E-state index in [1.807, 2.05) is 81.4 Å². The van der Waals surface area contributed by atoms with E-state index in [0.29, 0.717) is 5.56 Å². The highest BCUT2D eigenvalue weighted by Gasteiger charge is 2.12. The minimum absolute atomic E-state index is 0.132. The van der Waals surface area contributed by atoms with E-state index in [2.05, 4.69) is 15.5 Å². The first kappa shape index (κ1) is 17.0. The first-order chi connectivity index (χ1) is 13.0. The molecule has 0 fully saturated rings. The van der Waals surface area contributed by atoms with Gasteiger partial charge < -0.3 is 5.32 Å². The van der Waals surface area contributed by atoms with Crippen molar-refractivity contribution >= 4 is 22.6 Å². The van der Waals surface area contributed by atoms with Crippen LogP contribution in [0.15, 0.2) is 60.7 Å². The minimum atomic E-state index is -0.132. The number of carbonyl (C=O) groups is 1. The van der Waals surface area contributed by atoms with E-state index in [-0.39, 0.29) is 5.91 Å². The van der Waals surface area contributed by atoms with Gasteiger partial charge in [0.05, 0.1) is 5.69 Å². The highest BCUT2D eigenvalue weighted by atomic mass is 16.1. The van der Waals surface area contributed by atoms with Gasteiger partial charge in [0.2, 0.25) is 0 Å².